The number of nitrogens with zero attached hydrogens (tertiary/aromatic N) is 5. The molecule has 1 aromatic heterocycles. The van der Waals surface area contributed by atoms with Crippen molar-refractivity contribution >= 4 is 44.9 Å². The molecule has 2 aliphatic heterocycles. The fraction of sp³-hybridized carbons (Fsp3) is 0.567. The number of pyridine rings is 1. The molecule has 2 amide bonds. The highest BCUT2D eigenvalue weighted by molar-refractivity contribution is 7.89. The van der Waals surface area contributed by atoms with Crippen LogP contribution < -0.4 is 21.3 Å². The van der Waals surface area contributed by atoms with Crippen LogP contribution in [0.3, 0.4) is 0 Å². The van der Waals surface area contributed by atoms with Crippen molar-refractivity contribution in [1.29, 1.82) is 0 Å². The van der Waals surface area contributed by atoms with E-state index in [4.69, 9.17) is 23.1 Å². The number of halogens is 3. The zero-order valence-electron chi connectivity index (χ0n) is 25.2. The van der Waals surface area contributed by atoms with E-state index in [-0.39, 0.29) is 90.6 Å². The van der Waals surface area contributed by atoms with E-state index < -0.39 is 21.9 Å². The number of hydrogen-bond donors (Lipinski definition) is 2. The highest BCUT2D eigenvalue weighted by Gasteiger charge is 2.45. The van der Waals surface area contributed by atoms with E-state index in [1.165, 1.54) is 28.6 Å². The largest absolute Gasteiger partial charge is 0.354 e. The Kier molecular flexibility index (Phi) is 9.99. The maximum absolute atomic E-state index is 15.8. The zero-order chi connectivity index (χ0) is 32.5. The number of alkyl halides is 2. The van der Waals surface area contributed by atoms with E-state index >= 15 is 8.78 Å². The van der Waals surface area contributed by atoms with E-state index in [1.807, 2.05) is 0 Å². The van der Waals surface area contributed by atoms with Crippen molar-refractivity contribution in [3.8, 4) is 0 Å². The maximum atomic E-state index is 15.8. The highest BCUT2D eigenvalue weighted by atomic mass is 35.5. The minimum absolute atomic E-state index is 0.0570. The van der Waals surface area contributed by atoms with E-state index in [9.17, 15) is 18.0 Å². The molecule has 0 bridgehead atoms. The first kappa shape index (κ1) is 33.5. The summed E-state index contributed by atoms with van der Waals surface area (Å²) < 4.78 is 59.7. The third kappa shape index (κ3) is 7.09. The van der Waals surface area contributed by atoms with Crippen LogP contribution in [0.25, 0.3) is 0 Å². The molecule has 45 heavy (non-hydrogen) atoms. The molecule has 3 fully saturated rings. The highest BCUT2D eigenvalue weighted by Crippen LogP contribution is 2.46. The molecule has 1 aliphatic carbocycles. The maximum Gasteiger partial charge on any atom is 0.276 e. The monoisotopic (exact) mass is 667 g/mol. The van der Waals surface area contributed by atoms with Gasteiger partial charge in [0.1, 0.15) is 11.0 Å². The van der Waals surface area contributed by atoms with Crippen molar-refractivity contribution < 1.29 is 26.8 Å². The van der Waals surface area contributed by atoms with E-state index in [2.05, 4.69) is 4.98 Å². The minimum atomic E-state index is -3.83. The average molecular weight is 668 g/mol. The Balaban J connectivity index is 1.22. The SMILES string of the molecule is CN(CCN)C(=O)[C@H]1CC[C@H](C(F)(F)c2cc(Cl)nc(N3CCN(S(=O)(=O)c4ccc(N5C[C@H](N)CC5=O)cc4)CC3)c2)CC1. The molecule has 15 heteroatoms. The van der Waals surface area contributed by atoms with Gasteiger partial charge in [0.2, 0.25) is 21.8 Å². The molecule has 2 saturated heterocycles. The predicted molar refractivity (Wildman–Crippen MR) is 168 cm³/mol. The second-order valence-corrected chi connectivity index (χ2v) is 14.4. The smallest absolute Gasteiger partial charge is 0.276 e. The molecule has 1 aromatic carbocycles. The van der Waals surface area contributed by atoms with Crippen molar-refractivity contribution in [2.24, 2.45) is 23.3 Å². The Bertz CT molecular complexity index is 1500. The van der Waals surface area contributed by atoms with E-state index in [0.717, 1.165) is 0 Å². The number of benzene rings is 1. The van der Waals surface area contributed by atoms with E-state index in [1.54, 1.807) is 33.9 Å². The number of likely N-dealkylation sites (N-methyl/N-ethyl adjacent to an activating group) is 1. The summed E-state index contributed by atoms with van der Waals surface area (Å²) in [7, 11) is -2.15. The molecule has 1 atom stereocenters. The summed E-state index contributed by atoms with van der Waals surface area (Å²) in [6, 6.07) is 8.42. The van der Waals surface area contributed by atoms with Crippen LogP contribution in [0.1, 0.15) is 37.7 Å². The van der Waals surface area contributed by atoms with Crippen LogP contribution in [-0.2, 0) is 25.5 Å². The lowest BCUT2D eigenvalue weighted by molar-refractivity contribution is -0.138. The second-order valence-electron chi connectivity index (χ2n) is 12.1. The Morgan fingerprint density at radius 1 is 1.09 bits per heavy atom. The lowest BCUT2D eigenvalue weighted by Gasteiger charge is -2.36. The number of rotatable bonds is 9. The number of sulfonamides is 1. The van der Waals surface area contributed by atoms with Gasteiger partial charge in [-0.2, -0.15) is 4.31 Å². The molecule has 3 heterocycles. The summed E-state index contributed by atoms with van der Waals surface area (Å²) in [6.45, 7) is 1.88. The number of aromatic nitrogens is 1. The van der Waals surface area contributed by atoms with Crippen molar-refractivity contribution in [2.45, 2.75) is 49.0 Å². The molecule has 0 spiro atoms. The van der Waals surface area contributed by atoms with Crippen molar-refractivity contribution in [1.82, 2.24) is 14.2 Å². The van der Waals surface area contributed by atoms with Gasteiger partial charge in [-0.3, -0.25) is 9.59 Å². The number of amides is 2. The van der Waals surface area contributed by atoms with Gasteiger partial charge in [0, 0.05) is 88.4 Å². The predicted octanol–water partition coefficient (Wildman–Crippen LogP) is 2.63. The third-order valence-electron chi connectivity index (χ3n) is 9.10. The van der Waals surface area contributed by atoms with Gasteiger partial charge in [-0.15, -0.1) is 0 Å². The zero-order valence-corrected chi connectivity index (χ0v) is 26.8. The van der Waals surface area contributed by atoms with Crippen LogP contribution in [0, 0.1) is 11.8 Å². The molecule has 11 nitrogen and oxygen atoms in total. The van der Waals surface area contributed by atoms with Crippen LogP contribution in [0.5, 0.6) is 0 Å². The molecule has 0 unspecified atom stereocenters. The second kappa shape index (κ2) is 13.4. The molecule has 0 radical (unpaired) electrons. The Morgan fingerprint density at radius 2 is 1.73 bits per heavy atom. The van der Waals surface area contributed by atoms with Gasteiger partial charge >= 0.3 is 0 Å². The quantitative estimate of drug-likeness (QED) is 0.388. The molecule has 2 aromatic rings. The van der Waals surface area contributed by atoms with Gasteiger partial charge < -0.3 is 26.2 Å². The van der Waals surface area contributed by atoms with Gasteiger partial charge in [0.25, 0.3) is 5.92 Å². The van der Waals surface area contributed by atoms with Crippen LogP contribution >= 0.6 is 11.6 Å². The summed E-state index contributed by atoms with van der Waals surface area (Å²) in [5, 5.41) is -0.0676. The normalized spacial score (nSPS) is 23.4. The Morgan fingerprint density at radius 3 is 2.31 bits per heavy atom. The van der Waals surface area contributed by atoms with Gasteiger partial charge in [-0.05, 0) is 62.1 Å². The molecule has 246 valence electrons. The lowest BCUT2D eigenvalue weighted by Crippen LogP contribution is -2.49. The Labute approximate surface area is 267 Å². The third-order valence-corrected chi connectivity index (χ3v) is 11.2. The number of nitrogens with two attached hydrogens (primary N) is 2. The summed E-state index contributed by atoms with van der Waals surface area (Å²) in [4.78, 5) is 34.0. The summed E-state index contributed by atoms with van der Waals surface area (Å²) in [6.07, 6.45) is 1.41. The first-order valence-corrected chi connectivity index (χ1v) is 17.0. The van der Waals surface area contributed by atoms with Crippen molar-refractivity contribution in [2.75, 3.05) is 62.7 Å². The molecular weight excluding hydrogens is 628 g/mol. The molecular formula is C30H40ClF2N7O4S. The van der Waals surface area contributed by atoms with Crippen LogP contribution in [-0.4, -0.2) is 93.3 Å². The van der Waals surface area contributed by atoms with Gasteiger partial charge in [-0.1, -0.05) is 11.6 Å². The van der Waals surface area contributed by atoms with Crippen LogP contribution in [0.4, 0.5) is 20.3 Å². The van der Waals surface area contributed by atoms with Crippen molar-refractivity contribution in [3.05, 3.63) is 47.1 Å². The number of hydrogen-bond acceptors (Lipinski definition) is 8. The number of carbonyl (C=O) groups excluding carboxylic acids is 2. The summed E-state index contributed by atoms with van der Waals surface area (Å²) in [5.74, 6) is -4.31. The average Bonchev–Trinajstić information content (AvgIpc) is 3.38. The number of anilines is 2. The van der Waals surface area contributed by atoms with Crippen LogP contribution in [0.2, 0.25) is 5.15 Å². The van der Waals surface area contributed by atoms with Gasteiger partial charge in [-0.25, -0.2) is 22.2 Å². The standard InChI is InChI=1S/C30H40ClF2N7O4S/c1-37(11-10-34)29(42)20-2-4-21(5-3-20)30(32,33)22-16-26(31)36-27(17-22)38-12-14-39(15-13-38)45(43,44)25-8-6-24(7-9-25)40-19-23(35)18-28(40)41/h6-9,16-17,20-21,23H,2-5,10-15,18-19,34-35H2,1H3/t20-,21-,23-/m1/s1. The number of piperazine rings is 1. The number of carbonyl (C=O) groups is 2. The topological polar surface area (TPSA) is 146 Å². The van der Waals surface area contributed by atoms with Crippen LogP contribution in [0.15, 0.2) is 41.3 Å². The van der Waals surface area contributed by atoms with E-state index in [0.29, 0.717) is 38.2 Å². The van der Waals surface area contributed by atoms with Gasteiger partial charge in [0.15, 0.2) is 0 Å². The summed E-state index contributed by atoms with van der Waals surface area (Å²) >= 11 is 6.23. The van der Waals surface area contributed by atoms with Gasteiger partial charge in [0.05, 0.1) is 4.90 Å². The Hall–Kier alpha value is -2.91. The molecule has 4 N–H and O–H groups in total. The first-order chi connectivity index (χ1) is 21.3. The fourth-order valence-electron chi connectivity index (χ4n) is 6.48. The molecule has 5 rings (SSSR count). The molecule has 1 saturated carbocycles. The van der Waals surface area contributed by atoms with Crippen molar-refractivity contribution in [3.63, 3.8) is 0 Å². The lowest BCUT2D eigenvalue weighted by atomic mass is 9.77. The first-order valence-electron chi connectivity index (χ1n) is 15.2. The summed E-state index contributed by atoms with van der Waals surface area (Å²) in [5.41, 5.74) is 11.8. The fourth-order valence-corrected chi connectivity index (χ4v) is 8.11. The minimum Gasteiger partial charge on any atom is -0.354 e. The molecule has 3 aliphatic rings.